The molecule has 0 N–H and O–H groups in total. The van der Waals surface area contributed by atoms with Crippen molar-refractivity contribution in [2.45, 2.75) is 31.1 Å². The van der Waals surface area contributed by atoms with Gasteiger partial charge in [0.25, 0.3) is 0 Å². The van der Waals surface area contributed by atoms with Gasteiger partial charge in [-0.25, -0.2) is 8.42 Å². The normalized spacial score (nSPS) is 17.5. The van der Waals surface area contributed by atoms with Gasteiger partial charge < -0.3 is 4.90 Å². The number of benzene rings is 1. The molecule has 2 rings (SSSR count). The van der Waals surface area contributed by atoms with E-state index in [1.165, 1.54) is 25.3 Å². The Morgan fingerprint density at radius 3 is 2.67 bits per heavy atom. The van der Waals surface area contributed by atoms with Crippen molar-refractivity contribution >= 4 is 9.84 Å². The number of rotatable bonds is 5. The van der Waals surface area contributed by atoms with Crippen molar-refractivity contribution in [2.24, 2.45) is 5.92 Å². The van der Waals surface area contributed by atoms with Crippen molar-refractivity contribution < 1.29 is 8.42 Å². The maximum atomic E-state index is 12.3. The van der Waals surface area contributed by atoms with Gasteiger partial charge in [-0.2, -0.15) is 5.26 Å². The Kier molecular flexibility index (Phi) is 5.38. The molecule has 4 nitrogen and oxygen atoms in total. The molecule has 0 saturated carbocycles. The first-order valence-corrected chi connectivity index (χ1v) is 9.15. The van der Waals surface area contributed by atoms with Gasteiger partial charge in [0.05, 0.1) is 22.3 Å². The summed E-state index contributed by atoms with van der Waals surface area (Å²) in [7, 11) is -3.30. The third-order valence-corrected chi connectivity index (χ3v) is 5.98. The lowest BCUT2D eigenvalue weighted by atomic mass is 9.94. The molecule has 1 heterocycles. The molecule has 1 aliphatic heterocycles. The average Bonchev–Trinajstić information content (AvgIpc) is 2.53. The summed E-state index contributed by atoms with van der Waals surface area (Å²) >= 11 is 0. The minimum Gasteiger partial charge on any atom is -0.302 e. The highest BCUT2D eigenvalue weighted by atomic mass is 32.2. The molecule has 21 heavy (non-hydrogen) atoms. The predicted molar refractivity (Wildman–Crippen MR) is 82.7 cm³/mol. The van der Waals surface area contributed by atoms with Crippen molar-refractivity contribution in [1.29, 1.82) is 5.26 Å². The van der Waals surface area contributed by atoms with Gasteiger partial charge in [0.2, 0.25) is 0 Å². The molecule has 1 aliphatic rings. The highest BCUT2D eigenvalue weighted by molar-refractivity contribution is 7.91. The van der Waals surface area contributed by atoms with Crippen molar-refractivity contribution in [3.05, 3.63) is 29.8 Å². The van der Waals surface area contributed by atoms with Crippen LogP contribution in [0.25, 0.3) is 0 Å². The van der Waals surface area contributed by atoms with Crippen LogP contribution in [-0.2, 0) is 9.84 Å². The molecule has 0 bridgehead atoms. The zero-order chi connectivity index (χ0) is 15.3. The van der Waals surface area contributed by atoms with Crippen LogP contribution in [-0.4, -0.2) is 38.7 Å². The summed E-state index contributed by atoms with van der Waals surface area (Å²) in [4.78, 5) is 2.49. The number of nitriles is 1. The van der Waals surface area contributed by atoms with E-state index < -0.39 is 9.84 Å². The summed E-state index contributed by atoms with van der Waals surface area (Å²) in [5.41, 5.74) is 0.389. The van der Waals surface area contributed by atoms with E-state index in [0.717, 1.165) is 19.0 Å². The van der Waals surface area contributed by atoms with Crippen LogP contribution in [0.5, 0.6) is 0 Å². The van der Waals surface area contributed by atoms with Crippen LogP contribution >= 0.6 is 0 Å². The number of likely N-dealkylation sites (tertiary alicyclic amines) is 1. The molecule has 0 amide bonds. The van der Waals surface area contributed by atoms with E-state index in [2.05, 4.69) is 11.8 Å². The number of hydrogen-bond acceptors (Lipinski definition) is 4. The Morgan fingerprint density at radius 1 is 1.33 bits per heavy atom. The molecule has 0 atom stereocenters. The first kappa shape index (κ1) is 16.0. The van der Waals surface area contributed by atoms with Crippen LogP contribution in [0.2, 0.25) is 0 Å². The molecule has 1 aromatic carbocycles. The Hall–Kier alpha value is -1.38. The fourth-order valence-electron chi connectivity index (χ4n) is 2.74. The lowest BCUT2D eigenvalue weighted by Gasteiger charge is -2.31. The van der Waals surface area contributed by atoms with Gasteiger partial charge in [-0.05, 0) is 50.0 Å². The predicted octanol–water partition coefficient (Wildman–Crippen LogP) is 2.45. The van der Waals surface area contributed by atoms with Crippen molar-refractivity contribution in [3.63, 3.8) is 0 Å². The summed E-state index contributed by atoms with van der Waals surface area (Å²) in [6.07, 6.45) is 3.55. The van der Waals surface area contributed by atoms with E-state index in [1.807, 2.05) is 6.07 Å². The SMILES string of the molecule is CCC1CCN(CCS(=O)(=O)c2cccc(C#N)c2)CC1. The molecular formula is C16H22N2O2S. The highest BCUT2D eigenvalue weighted by Gasteiger charge is 2.21. The standard InChI is InChI=1S/C16H22N2O2S/c1-2-14-6-8-18(9-7-14)10-11-21(19,20)16-5-3-4-15(12-16)13-17/h3-5,12,14H,2,6-11H2,1H3. The quantitative estimate of drug-likeness (QED) is 0.838. The van der Waals surface area contributed by atoms with Gasteiger partial charge in [0, 0.05) is 6.54 Å². The fourth-order valence-corrected chi connectivity index (χ4v) is 4.07. The first-order chi connectivity index (χ1) is 10.0. The lowest BCUT2D eigenvalue weighted by molar-refractivity contribution is 0.190. The monoisotopic (exact) mass is 306 g/mol. The smallest absolute Gasteiger partial charge is 0.179 e. The topological polar surface area (TPSA) is 61.2 Å². The molecule has 0 radical (unpaired) electrons. The van der Waals surface area contributed by atoms with E-state index in [9.17, 15) is 8.42 Å². The van der Waals surface area contributed by atoms with E-state index >= 15 is 0 Å². The molecule has 1 saturated heterocycles. The molecule has 1 fully saturated rings. The van der Waals surface area contributed by atoms with Crippen LogP contribution in [0.15, 0.2) is 29.2 Å². The van der Waals surface area contributed by atoms with Crippen molar-refractivity contribution in [3.8, 4) is 6.07 Å². The molecule has 0 aromatic heterocycles. The summed E-state index contributed by atoms with van der Waals surface area (Å²) in [5, 5.41) is 8.86. The second-order valence-corrected chi connectivity index (χ2v) is 7.76. The van der Waals surface area contributed by atoms with Crippen LogP contribution in [0.4, 0.5) is 0 Å². The first-order valence-electron chi connectivity index (χ1n) is 7.50. The maximum Gasteiger partial charge on any atom is 0.179 e. The summed E-state index contributed by atoms with van der Waals surface area (Å²) in [5.74, 6) is 0.920. The number of nitrogens with zero attached hydrogens (tertiary/aromatic N) is 2. The minimum absolute atomic E-state index is 0.124. The van der Waals surface area contributed by atoms with E-state index in [0.29, 0.717) is 12.1 Å². The molecule has 114 valence electrons. The average molecular weight is 306 g/mol. The molecule has 0 unspecified atom stereocenters. The van der Waals surface area contributed by atoms with Gasteiger partial charge in [-0.1, -0.05) is 19.4 Å². The van der Waals surface area contributed by atoms with Crippen LogP contribution in [0.1, 0.15) is 31.7 Å². The third kappa shape index (κ3) is 4.29. The Balaban J connectivity index is 1.94. The van der Waals surface area contributed by atoms with Gasteiger partial charge in [-0.15, -0.1) is 0 Å². The molecule has 1 aromatic rings. The van der Waals surface area contributed by atoms with Crippen molar-refractivity contribution in [2.75, 3.05) is 25.4 Å². The van der Waals surface area contributed by atoms with Gasteiger partial charge in [0.15, 0.2) is 9.84 Å². The van der Waals surface area contributed by atoms with E-state index in [1.54, 1.807) is 18.2 Å². The highest BCUT2D eigenvalue weighted by Crippen LogP contribution is 2.20. The van der Waals surface area contributed by atoms with Crippen LogP contribution in [0, 0.1) is 17.2 Å². The summed E-state index contributed by atoms with van der Waals surface area (Å²) in [6, 6.07) is 8.25. The largest absolute Gasteiger partial charge is 0.302 e. The minimum atomic E-state index is -3.30. The lowest BCUT2D eigenvalue weighted by Crippen LogP contribution is -2.36. The second-order valence-electron chi connectivity index (χ2n) is 5.65. The summed E-state index contributed by atoms with van der Waals surface area (Å²) < 4.78 is 24.7. The Morgan fingerprint density at radius 2 is 2.05 bits per heavy atom. The molecule has 0 spiro atoms. The van der Waals surface area contributed by atoms with Crippen LogP contribution < -0.4 is 0 Å². The molecular weight excluding hydrogens is 284 g/mol. The van der Waals surface area contributed by atoms with Crippen LogP contribution in [0.3, 0.4) is 0 Å². The zero-order valence-electron chi connectivity index (χ0n) is 12.5. The van der Waals surface area contributed by atoms with Gasteiger partial charge >= 0.3 is 0 Å². The maximum absolute atomic E-state index is 12.3. The second kappa shape index (κ2) is 7.06. The number of piperidine rings is 1. The fraction of sp³-hybridized carbons (Fsp3) is 0.562. The third-order valence-electron chi connectivity index (χ3n) is 4.28. The molecule has 0 aliphatic carbocycles. The summed E-state index contributed by atoms with van der Waals surface area (Å²) in [6.45, 7) is 4.78. The zero-order valence-corrected chi connectivity index (χ0v) is 13.3. The Bertz CT molecular complexity index is 611. The van der Waals surface area contributed by atoms with Gasteiger partial charge in [-0.3, -0.25) is 0 Å². The number of sulfone groups is 1. The number of hydrogen-bond donors (Lipinski definition) is 0. The van der Waals surface area contributed by atoms with Crippen molar-refractivity contribution in [1.82, 2.24) is 4.90 Å². The molecule has 5 heteroatoms. The Labute approximate surface area is 127 Å². The van der Waals surface area contributed by atoms with E-state index in [4.69, 9.17) is 5.26 Å². The van der Waals surface area contributed by atoms with Gasteiger partial charge in [0.1, 0.15) is 0 Å². The van der Waals surface area contributed by atoms with E-state index in [-0.39, 0.29) is 10.6 Å².